The fourth-order valence-corrected chi connectivity index (χ4v) is 2.81. The van der Waals surface area contributed by atoms with Crippen molar-refractivity contribution < 1.29 is 13.2 Å². The van der Waals surface area contributed by atoms with Crippen LogP contribution in [0.5, 0.6) is 11.6 Å². The molecule has 0 amide bonds. The molecular formula is C15H14N4O3S. The molecule has 0 aliphatic heterocycles. The summed E-state index contributed by atoms with van der Waals surface area (Å²) in [5, 5.41) is 0. The van der Waals surface area contributed by atoms with Crippen LogP contribution in [0.1, 0.15) is 0 Å². The van der Waals surface area contributed by atoms with E-state index in [9.17, 15) is 8.42 Å². The van der Waals surface area contributed by atoms with Crippen molar-refractivity contribution in [3.63, 3.8) is 0 Å². The van der Waals surface area contributed by atoms with Gasteiger partial charge in [-0.1, -0.05) is 0 Å². The number of nitrogens with zero attached hydrogens (tertiary/aromatic N) is 4. The van der Waals surface area contributed by atoms with E-state index in [0.29, 0.717) is 22.8 Å². The first-order valence-corrected chi connectivity index (χ1v) is 8.19. The predicted octanol–water partition coefficient (Wildman–Crippen LogP) is 2.07. The maximum absolute atomic E-state index is 12.0. The smallest absolute Gasteiger partial charge is 0.242 e. The first-order chi connectivity index (χ1) is 11.0. The molecule has 23 heavy (non-hydrogen) atoms. The van der Waals surface area contributed by atoms with Gasteiger partial charge in [0, 0.05) is 32.6 Å². The summed E-state index contributed by atoms with van der Waals surface area (Å²) < 4.78 is 30.8. The number of aromatic nitrogens is 3. The molecule has 1 aromatic carbocycles. The number of ether oxygens (including phenoxy) is 1. The summed E-state index contributed by atoms with van der Waals surface area (Å²) in [6.45, 7) is 0. The van der Waals surface area contributed by atoms with Gasteiger partial charge in [0.1, 0.15) is 11.3 Å². The molecule has 8 heteroatoms. The van der Waals surface area contributed by atoms with Gasteiger partial charge < -0.3 is 4.74 Å². The summed E-state index contributed by atoms with van der Waals surface area (Å²) in [7, 11) is -0.480. The molecule has 0 saturated carbocycles. The van der Waals surface area contributed by atoms with Crippen LogP contribution in [-0.2, 0) is 10.0 Å². The van der Waals surface area contributed by atoms with Gasteiger partial charge in [0.2, 0.25) is 15.9 Å². The van der Waals surface area contributed by atoms with E-state index in [-0.39, 0.29) is 4.90 Å². The second kappa shape index (κ2) is 5.90. The lowest BCUT2D eigenvalue weighted by Crippen LogP contribution is -2.22. The first-order valence-electron chi connectivity index (χ1n) is 6.75. The topological polar surface area (TPSA) is 85.3 Å². The van der Waals surface area contributed by atoms with Crippen LogP contribution in [-0.4, -0.2) is 41.8 Å². The van der Waals surface area contributed by atoms with E-state index in [0.717, 1.165) is 4.31 Å². The normalized spacial score (nSPS) is 11.8. The Morgan fingerprint density at radius 3 is 2.35 bits per heavy atom. The van der Waals surface area contributed by atoms with E-state index in [1.807, 2.05) is 0 Å². The van der Waals surface area contributed by atoms with Crippen LogP contribution in [0.3, 0.4) is 0 Å². The van der Waals surface area contributed by atoms with Crippen molar-refractivity contribution in [1.29, 1.82) is 0 Å². The summed E-state index contributed by atoms with van der Waals surface area (Å²) in [5.41, 5.74) is 1.16. The average Bonchev–Trinajstić information content (AvgIpc) is 2.55. The number of fused-ring (bicyclic) bond motifs is 1. The number of pyridine rings is 1. The molecule has 0 unspecified atom stereocenters. The monoisotopic (exact) mass is 330 g/mol. The highest BCUT2D eigenvalue weighted by Gasteiger charge is 2.16. The van der Waals surface area contributed by atoms with E-state index in [1.165, 1.54) is 26.2 Å². The number of benzene rings is 1. The van der Waals surface area contributed by atoms with E-state index in [1.54, 1.807) is 36.7 Å². The fraction of sp³-hybridized carbons (Fsp3) is 0.133. The summed E-state index contributed by atoms with van der Waals surface area (Å²) in [4.78, 5) is 12.7. The van der Waals surface area contributed by atoms with Gasteiger partial charge >= 0.3 is 0 Å². The lowest BCUT2D eigenvalue weighted by atomic mass is 10.3. The second-order valence-electron chi connectivity index (χ2n) is 4.91. The number of hydrogen-bond acceptors (Lipinski definition) is 6. The lowest BCUT2D eigenvalue weighted by molar-refractivity contribution is 0.464. The first kappa shape index (κ1) is 15.3. The number of hydrogen-bond donors (Lipinski definition) is 0. The minimum atomic E-state index is -3.45. The highest BCUT2D eigenvalue weighted by molar-refractivity contribution is 7.89. The molecular weight excluding hydrogens is 316 g/mol. The Bertz CT molecular complexity index is 940. The van der Waals surface area contributed by atoms with Crippen molar-refractivity contribution in [2.24, 2.45) is 0 Å². The molecule has 0 aliphatic carbocycles. The van der Waals surface area contributed by atoms with Crippen LogP contribution in [0.2, 0.25) is 0 Å². The Kier molecular flexibility index (Phi) is 3.93. The summed E-state index contributed by atoms with van der Waals surface area (Å²) in [6, 6.07) is 9.59. The second-order valence-corrected chi connectivity index (χ2v) is 7.06. The zero-order valence-corrected chi connectivity index (χ0v) is 13.4. The van der Waals surface area contributed by atoms with Crippen LogP contribution in [0.25, 0.3) is 11.2 Å². The van der Waals surface area contributed by atoms with Gasteiger partial charge in [-0.3, -0.25) is 4.98 Å². The van der Waals surface area contributed by atoms with Crippen molar-refractivity contribution in [3.8, 4) is 11.6 Å². The number of rotatable bonds is 4. The van der Waals surface area contributed by atoms with Crippen molar-refractivity contribution >= 4 is 21.2 Å². The molecule has 7 nitrogen and oxygen atoms in total. The molecule has 3 rings (SSSR count). The maximum Gasteiger partial charge on any atom is 0.242 e. The quantitative estimate of drug-likeness (QED) is 0.728. The molecule has 0 bridgehead atoms. The third-order valence-electron chi connectivity index (χ3n) is 3.13. The lowest BCUT2D eigenvalue weighted by Gasteiger charge is -2.11. The summed E-state index contributed by atoms with van der Waals surface area (Å²) in [5.74, 6) is 0.847. The zero-order chi connectivity index (χ0) is 16.4. The molecule has 0 atom stereocenters. The molecule has 0 N–H and O–H groups in total. The van der Waals surface area contributed by atoms with Gasteiger partial charge in [-0.2, -0.15) is 4.98 Å². The molecule has 2 heterocycles. The zero-order valence-electron chi connectivity index (χ0n) is 12.5. The van der Waals surface area contributed by atoms with Crippen LogP contribution in [0.4, 0.5) is 0 Å². The van der Waals surface area contributed by atoms with E-state index < -0.39 is 10.0 Å². The van der Waals surface area contributed by atoms with E-state index in [2.05, 4.69) is 15.0 Å². The minimum Gasteiger partial charge on any atom is -0.439 e. The minimum absolute atomic E-state index is 0.201. The van der Waals surface area contributed by atoms with Crippen molar-refractivity contribution in [3.05, 3.63) is 48.8 Å². The Morgan fingerprint density at radius 1 is 0.957 bits per heavy atom. The summed E-state index contributed by atoms with van der Waals surface area (Å²) in [6.07, 6.45) is 3.15. The van der Waals surface area contributed by atoms with Crippen LogP contribution < -0.4 is 4.74 Å². The predicted molar refractivity (Wildman–Crippen MR) is 84.7 cm³/mol. The van der Waals surface area contributed by atoms with Gasteiger partial charge in [0.15, 0.2) is 5.65 Å². The van der Waals surface area contributed by atoms with Gasteiger partial charge in [0.05, 0.1) is 4.90 Å². The van der Waals surface area contributed by atoms with Gasteiger partial charge in [-0.05, 0) is 30.3 Å². The molecule has 3 aromatic rings. The van der Waals surface area contributed by atoms with Crippen LogP contribution in [0.15, 0.2) is 53.7 Å². The van der Waals surface area contributed by atoms with Crippen LogP contribution in [0, 0.1) is 0 Å². The van der Waals surface area contributed by atoms with Crippen LogP contribution >= 0.6 is 0 Å². The Morgan fingerprint density at radius 2 is 1.65 bits per heavy atom. The standard InChI is InChI=1S/C15H14N4O3S/c1-19(2)23(20,21)12-5-3-11(4-6-12)22-14-8-7-13-15(18-14)17-10-9-16-13/h3-10H,1-2H3. The third-order valence-corrected chi connectivity index (χ3v) is 4.96. The van der Waals surface area contributed by atoms with E-state index in [4.69, 9.17) is 4.74 Å². The fourth-order valence-electron chi connectivity index (χ4n) is 1.91. The third kappa shape index (κ3) is 3.13. The molecule has 0 aliphatic rings. The van der Waals surface area contributed by atoms with Crippen molar-refractivity contribution in [2.75, 3.05) is 14.1 Å². The molecule has 0 radical (unpaired) electrons. The van der Waals surface area contributed by atoms with Gasteiger partial charge in [-0.15, -0.1) is 0 Å². The molecule has 0 fully saturated rings. The molecule has 0 spiro atoms. The van der Waals surface area contributed by atoms with Crippen molar-refractivity contribution in [1.82, 2.24) is 19.3 Å². The Balaban J connectivity index is 1.85. The molecule has 2 aromatic heterocycles. The highest BCUT2D eigenvalue weighted by atomic mass is 32.2. The maximum atomic E-state index is 12.0. The summed E-state index contributed by atoms with van der Waals surface area (Å²) >= 11 is 0. The number of sulfonamides is 1. The molecule has 118 valence electrons. The van der Waals surface area contributed by atoms with E-state index >= 15 is 0 Å². The largest absolute Gasteiger partial charge is 0.439 e. The van der Waals surface area contributed by atoms with Crippen molar-refractivity contribution in [2.45, 2.75) is 4.90 Å². The SMILES string of the molecule is CN(C)S(=O)(=O)c1ccc(Oc2ccc3nccnc3n2)cc1. The van der Waals surface area contributed by atoms with Gasteiger partial charge in [0.25, 0.3) is 0 Å². The highest BCUT2D eigenvalue weighted by Crippen LogP contribution is 2.23. The Labute approximate surface area is 133 Å². The van der Waals surface area contributed by atoms with Gasteiger partial charge in [-0.25, -0.2) is 17.7 Å². The average molecular weight is 330 g/mol. The molecule has 0 saturated heterocycles. The Hall–Kier alpha value is -2.58.